The number of benzene rings is 3. The molecule has 0 radical (unpaired) electrons. The second kappa shape index (κ2) is 6.73. The van der Waals surface area contributed by atoms with Gasteiger partial charge in [-0.3, -0.25) is 0 Å². The highest BCUT2D eigenvalue weighted by Crippen LogP contribution is 2.33. The molecule has 0 heterocycles. The van der Waals surface area contributed by atoms with E-state index in [4.69, 9.17) is 9.84 Å². The first kappa shape index (κ1) is 14.8. The van der Waals surface area contributed by atoms with Crippen LogP contribution in [0.15, 0.2) is 66.7 Å². The summed E-state index contributed by atoms with van der Waals surface area (Å²) in [5.74, 6) is 0. The summed E-state index contributed by atoms with van der Waals surface area (Å²) in [6, 6.07) is 22.9. The van der Waals surface area contributed by atoms with Gasteiger partial charge in [-0.15, -0.1) is 0 Å². The third-order valence-corrected chi connectivity index (χ3v) is 3.95. The van der Waals surface area contributed by atoms with Crippen molar-refractivity contribution in [1.82, 2.24) is 0 Å². The van der Waals surface area contributed by atoms with Crippen molar-refractivity contribution in [2.45, 2.75) is 13.0 Å². The fourth-order valence-corrected chi connectivity index (χ4v) is 2.88. The number of ether oxygens (including phenoxy) is 1. The maximum Gasteiger partial charge on any atom is 0.109 e. The van der Waals surface area contributed by atoms with Gasteiger partial charge in [0.05, 0.1) is 13.2 Å². The van der Waals surface area contributed by atoms with Crippen LogP contribution in [0.5, 0.6) is 0 Å². The predicted molar refractivity (Wildman–Crippen MR) is 90.0 cm³/mol. The lowest BCUT2D eigenvalue weighted by Gasteiger charge is -2.22. The fraction of sp³-hybridized carbons (Fsp3) is 0.200. The second-order valence-electron chi connectivity index (χ2n) is 5.40. The number of rotatable bonds is 5. The van der Waals surface area contributed by atoms with Crippen molar-refractivity contribution >= 4 is 10.8 Å². The lowest BCUT2D eigenvalue weighted by Crippen LogP contribution is -2.11. The molecule has 112 valence electrons. The number of hydrogen-bond donors (Lipinski definition) is 1. The van der Waals surface area contributed by atoms with Crippen LogP contribution in [-0.2, 0) is 4.74 Å². The molecule has 0 fully saturated rings. The summed E-state index contributed by atoms with van der Waals surface area (Å²) >= 11 is 0. The Morgan fingerprint density at radius 1 is 0.864 bits per heavy atom. The Balaban J connectivity index is 2.14. The molecule has 0 spiro atoms. The number of fused-ring (bicyclic) bond motifs is 1. The van der Waals surface area contributed by atoms with E-state index in [-0.39, 0.29) is 12.7 Å². The lowest BCUT2D eigenvalue weighted by atomic mass is 9.93. The predicted octanol–water partition coefficient (Wildman–Crippen LogP) is 4.25. The van der Waals surface area contributed by atoms with E-state index < -0.39 is 0 Å². The Kier molecular flexibility index (Phi) is 4.52. The third kappa shape index (κ3) is 2.89. The molecule has 0 aliphatic rings. The van der Waals surface area contributed by atoms with Crippen LogP contribution in [0.4, 0.5) is 0 Å². The van der Waals surface area contributed by atoms with Crippen molar-refractivity contribution in [3.05, 3.63) is 83.4 Å². The summed E-state index contributed by atoms with van der Waals surface area (Å²) in [5.41, 5.74) is 3.48. The van der Waals surface area contributed by atoms with Crippen molar-refractivity contribution in [3.63, 3.8) is 0 Å². The molecule has 2 nitrogen and oxygen atoms in total. The van der Waals surface area contributed by atoms with Crippen molar-refractivity contribution in [3.8, 4) is 0 Å². The maximum atomic E-state index is 9.17. The Morgan fingerprint density at radius 3 is 2.36 bits per heavy atom. The van der Waals surface area contributed by atoms with Crippen LogP contribution in [0.25, 0.3) is 10.8 Å². The number of aliphatic hydroxyl groups excluding tert-OH is 1. The highest BCUT2D eigenvalue weighted by Gasteiger charge is 2.18. The number of hydrogen-bond acceptors (Lipinski definition) is 2. The SMILES string of the molecule is Cc1ccccc1C(OCCO)c1cccc2ccccc12. The Bertz CT molecular complexity index is 759. The van der Waals surface area contributed by atoms with Gasteiger partial charge in [0, 0.05) is 0 Å². The first-order chi connectivity index (χ1) is 10.8. The zero-order chi connectivity index (χ0) is 15.4. The Hall–Kier alpha value is -2.16. The van der Waals surface area contributed by atoms with E-state index in [1.807, 2.05) is 24.3 Å². The van der Waals surface area contributed by atoms with Crippen LogP contribution in [0.3, 0.4) is 0 Å². The average molecular weight is 292 g/mol. The summed E-state index contributed by atoms with van der Waals surface area (Å²) in [7, 11) is 0. The van der Waals surface area contributed by atoms with Gasteiger partial charge >= 0.3 is 0 Å². The van der Waals surface area contributed by atoms with E-state index in [2.05, 4.69) is 49.4 Å². The summed E-state index contributed by atoms with van der Waals surface area (Å²) in [4.78, 5) is 0. The van der Waals surface area contributed by atoms with Crippen molar-refractivity contribution < 1.29 is 9.84 Å². The van der Waals surface area contributed by atoms with Gasteiger partial charge in [-0.1, -0.05) is 66.7 Å². The lowest BCUT2D eigenvalue weighted by molar-refractivity contribution is 0.0505. The van der Waals surface area contributed by atoms with Gasteiger partial charge in [0.25, 0.3) is 0 Å². The first-order valence-electron chi connectivity index (χ1n) is 7.57. The molecule has 3 aromatic carbocycles. The van der Waals surface area contributed by atoms with Gasteiger partial charge in [0.1, 0.15) is 6.10 Å². The summed E-state index contributed by atoms with van der Waals surface area (Å²) < 4.78 is 6.00. The topological polar surface area (TPSA) is 29.5 Å². The van der Waals surface area contributed by atoms with Crippen LogP contribution in [0.1, 0.15) is 22.8 Å². The van der Waals surface area contributed by atoms with Gasteiger partial charge in [-0.05, 0) is 34.4 Å². The zero-order valence-electron chi connectivity index (χ0n) is 12.7. The Morgan fingerprint density at radius 2 is 1.55 bits per heavy atom. The fourth-order valence-electron chi connectivity index (χ4n) is 2.88. The summed E-state index contributed by atoms with van der Waals surface area (Å²) in [5, 5.41) is 11.6. The van der Waals surface area contributed by atoms with Gasteiger partial charge in [0.2, 0.25) is 0 Å². The van der Waals surface area contributed by atoms with Crippen molar-refractivity contribution in [2.24, 2.45) is 0 Å². The molecule has 1 atom stereocenters. The molecule has 3 aromatic rings. The molecule has 1 N–H and O–H groups in total. The number of aliphatic hydroxyl groups is 1. The molecular weight excluding hydrogens is 272 g/mol. The number of aryl methyl sites for hydroxylation is 1. The quantitative estimate of drug-likeness (QED) is 0.762. The van der Waals surface area contributed by atoms with Crippen LogP contribution >= 0.6 is 0 Å². The Labute approximate surface area is 131 Å². The summed E-state index contributed by atoms with van der Waals surface area (Å²) in [6.07, 6.45) is -0.167. The standard InChI is InChI=1S/C20H20O2/c1-15-7-2-4-10-17(15)20(22-14-13-21)19-12-6-9-16-8-3-5-11-18(16)19/h2-12,20-21H,13-14H2,1H3. The molecule has 0 aromatic heterocycles. The molecule has 0 bridgehead atoms. The normalized spacial score (nSPS) is 12.5. The van der Waals surface area contributed by atoms with Crippen LogP contribution in [0.2, 0.25) is 0 Å². The highest BCUT2D eigenvalue weighted by atomic mass is 16.5. The molecule has 0 amide bonds. The third-order valence-electron chi connectivity index (χ3n) is 3.95. The minimum atomic E-state index is -0.167. The van der Waals surface area contributed by atoms with E-state index in [9.17, 15) is 0 Å². The molecule has 3 rings (SSSR count). The molecule has 1 unspecified atom stereocenters. The molecule has 22 heavy (non-hydrogen) atoms. The minimum absolute atomic E-state index is 0.0210. The van der Waals surface area contributed by atoms with Gasteiger partial charge in [-0.2, -0.15) is 0 Å². The molecule has 2 heteroatoms. The molecule has 0 aliphatic carbocycles. The first-order valence-corrected chi connectivity index (χ1v) is 7.57. The van der Waals surface area contributed by atoms with E-state index in [1.165, 1.54) is 16.3 Å². The van der Waals surface area contributed by atoms with Crippen molar-refractivity contribution in [2.75, 3.05) is 13.2 Å². The average Bonchev–Trinajstić information content (AvgIpc) is 2.57. The molecule has 0 saturated carbocycles. The molecule has 0 saturated heterocycles. The van der Waals surface area contributed by atoms with E-state index in [0.717, 1.165) is 11.1 Å². The van der Waals surface area contributed by atoms with Crippen LogP contribution in [0, 0.1) is 6.92 Å². The van der Waals surface area contributed by atoms with Gasteiger partial charge < -0.3 is 9.84 Å². The maximum absolute atomic E-state index is 9.17. The molecular formula is C20H20O2. The smallest absolute Gasteiger partial charge is 0.109 e. The van der Waals surface area contributed by atoms with Crippen molar-refractivity contribution in [1.29, 1.82) is 0 Å². The van der Waals surface area contributed by atoms with Gasteiger partial charge in [0.15, 0.2) is 0 Å². The summed E-state index contributed by atoms with van der Waals surface area (Å²) in [6.45, 7) is 2.44. The highest BCUT2D eigenvalue weighted by molar-refractivity contribution is 5.86. The second-order valence-corrected chi connectivity index (χ2v) is 5.40. The van der Waals surface area contributed by atoms with E-state index in [0.29, 0.717) is 6.61 Å². The monoisotopic (exact) mass is 292 g/mol. The van der Waals surface area contributed by atoms with E-state index >= 15 is 0 Å². The minimum Gasteiger partial charge on any atom is -0.394 e. The van der Waals surface area contributed by atoms with Crippen LogP contribution in [-0.4, -0.2) is 18.3 Å². The molecule has 0 aliphatic heterocycles. The van der Waals surface area contributed by atoms with Gasteiger partial charge in [-0.25, -0.2) is 0 Å². The zero-order valence-corrected chi connectivity index (χ0v) is 12.7. The largest absolute Gasteiger partial charge is 0.394 e. The van der Waals surface area contributed by atoms with Crippen LogP contribution < -0.4 is 0 Å². The van der Waals surface area contributed by atoms with E-state index in [1.54, 1.807) is 0 Å².